The molecule has 3 saturated heterocycles. The predicted octanol–water partition coefficient (Wildman–Crippen LogP) is 1.48. The van der Waals surface area contributed by atoms with Crippen molar-refractivity contribution in [3.63, 3.8) is 0 Å². The molecule has 1 aromatic carbocycles. The molecule has 9 heteroatoms. The topological polar surface area (TPSA) is 111 Å². The zero-order valence-electron chi connectivity index (χ0n) is 18.2. The maximum Gasteiger partial charge on any atom is 0.410 e. The van der Waals surface area contributed by atoms with Crippen LogP contribution in [0.15, 0.2) is 30.3 Å². The number of carbonyl (C=O) groups excluding carboxylic acids is 3. The lowest BCUT2D eigenvalue weighted by Gasteiger charge is -2.39. The highest BCUT2D eigenvalue weighted by Crippen LogP contribution is 2.29. The summed E-state index contributed by atoms with van der Waals surface area (Å²) in [7, 11) is 0. The van der Waals surface area contributed by atoms with Crippen LogP contribution < -0.4 is 10.8 Å². The highest BCUT2D eigenvalue weighted by atomic mass is 16.6. The number of nitrogens with zero attached hydrogens (tertiary/aromatic N) is 2. The van der Waals surface area contributed by atoms with Gasteiger partial charge in [-0.1, -0.05) is 30.3 Å². The number of hydrogen-bond acceptors (Lipinski definition) is 6. The van der Waals surface area contributed by atoms with Crippen LogP contribution in [0.25, 0.3) is 0 Å². The summed E-state index contributed by atoms with van der Waals surface area (Å²) in [5.41, 5.74) is 2.97. The molecule has 3 aliphatic heterocycles. The van der Waals surface area contributed by atoms with Crippen molar-refractivity contribution < 1.29 is 24.3 Å². The van der Waals surface area contributed by atoms with Crippen molar-refractivity contribution in [3.05, 3.63) is 35.9 Å². The molecule has 2 unspecified atom stereocenters. The molecule has 3 N–H and O–H groups in total. The number of hydroxylamine groups is 1. The van der Waals surface area contributed by atoms with Gasteiger partial charge in [-0.25, -0.2) is 10.3 Å². The number of nitrogens with one attached hydrogen (secondary N) is 2. The van der Waals surface area contributed by atoms with Crippen molar-refractivity contribution in [3.8, 4) is 0 Å². The van der Waals surface area contributed by atoms with E-state index in [2.05, 4.69) is 17.4 Å². The summed E-state index contributed by atoms with van der Waals surface area (Å²) >= 11 is 0. The van der Waals surface area contributed by atoms with E-state index < -0.39 is 24.0 Å². The van der Waals surface area contributed by atoms with E-state index in [1.54, 1.807) is 15.3 Å². The van der Waals surface area contributed by atoms with Gasteiger partial charge in [0.15, 0.2) is 0 Å². The van der Waals surface area contributed by atoms with Gasteiger partial charge in [0, 0.05) is 32.7 Å². The molecule has 32 heavy (non-hydrogen) atoms. The standard InChI is InChI=1S/C23H32N4O5/c28-21(25-31)19-14-18(32-23(30)27-10-4-5-11-27)15-24-20(19)22(29)26-12-8-17(9-13-26)16-6-2-1-3-7-16/h1-3,6-7,17-20,24,31H,4-5,8-15H2,(H,25,28)/t18?,19?,20-/m0/s1. The van der Waals surface area contributed by atoms with Crippen molar-refractivity contribution in [2.45, 2.75) is 50.2 Å². The number of likely N-dealkylation sites (tertiary alicyclic amines) is 2. The van der Waals surface area contributed by atoms with Gasteiger partial charge < -0.3 is 19.9 Å². The lowest BCUT2D eigenvalue weighted by Crippen LogP contribution is -2.60. The highest BCUT2D eigenvalue weighted by Gasteiger charge is 2.43. The molecular formula is C23H32N4O5. The monoisotopic (exact) mass is 444 g/mol. The Kier molecular flexibility index (Phi) is 7.26. The zero-order chi connectivity index (χ0) is 22.5. The molecule has 1 aromatic rings. The van der Waals surface area contributed by atoms with E-state index in [1.165, 1.54) is 5.56 Å². The van der Waals surface area contributed by atoms with Gasteiger partial charge >= 0.3 is 6.09 Å². The Morgan fingerprint density at radius 3 is 2.34 bits per heavy atom. The summed E-state index contributed by atoms with van der Waals surface area (Å²) in [5, 5.41) is 12.3. The average Bonchev–Trinajstić information content (AvgIpc) is 3.39. The molecule has 0 radical (unpaired) electrons. The molecule has 174 valence electrons. The molecule has 0 aromatic heterocycles. The number of carbonyl (C=O) groups is 3. The van der Waals surface area contributed by atoms with Gasteiger partial charge in [-0.3, -0.25) is 14.8 Å². The van der Waals surface area contributed by atoms with Crippen LogP contribution >= 0.6 is 0 Å². The fourth-order valence-electron chi connectivity index (χ4n) is 5.07. The Balaban J connectivity index is 1.35. The quantitative estimate of drug-likeness (QED) is 0.479. The van der Waals surface area contributed by atoms with Crippen LogP contribution in [0.1, 0.15) is 43.6 Å². The van der Waals surface area contributed by atoms with Crippen LogP contribution in [0.5, 0.6) is 0 Å². The third kappa shape index (κ3) is 5.05. The van der Waals surface area contributed by atoms with Gasteiger partial charge in [-0.15, -0.1) is 0 Å². The summed E-state index contributed by atoms with van der Waals surface area (Å²) in [6.07, 6.45) is 2.94. The molecule has 0 bridgehead atoms. The van der Waals surface area contributed by atoms with Gasteiger partial charge in [0.2, 0.25) is 11.8 Å². The number of benzene rings is 1. The van der Waals surface area contributed by atoms with Gasteiger partial charge in [0.05, 0.1) is 12.0 Å². The van der Waals surface area contributed by atoms with Crippen LogP contribution in [0.2, 0.25) is 0 Å². The normalized spacial score (nSPS) is 26.6. The second kappa shape index (κ2) is 10.3. The van der Waals surface area contributed by atoms with E-state index in [0.29, 0.717) is 38.6 Å². The van der Waals surface area contributed by atoms with Crippen molar-refractivity contribution in [1.82, 2.24) is 20.6 Å². The molecule has 9 nitrogen and oxygen atoms in total. The zero-order valence-corrected chi connectivity index (χ0v) is 18.2. The van der Waals surface area contributed by atoms with Crippen molar-refractivity contribution in [2.75, 3.05) is 32.7 Å². The Labute approximate surface area is 188 Å². The first-order valence-electron chi connectivity index (χ1n) is 11.5. The maximum absolute atomic E-state index is 13.3. The first kappa shape index (κ1) is 22.5. The lowest BCUT2D eigenvalue weighted by atomic mass is 9.86. The van der Waals surface area contributed by atoms with E-state index in [0.717, 1.165) is 25.7 Å². The number of piperidine rings is 2. The Hall–Kier alpha value is -2.65. The third-order valence-corrected chi connectivity index (χ3v) is 6.91. The van der Waals surface area contributed by atoms with Crippen LogP contribution in [0.4, 0.5) is 4.79 Å². The second-order valence-electron chi connectivity index (χ2n) is 8.91. The molecule has 3 atom stereocenters. The number of hydrogen-bond donors (Lipinski definition) is 3. The minimum absolute atomic E-state index is 0.144. The van der Waals surface area contributed by atoms with Gasteiger partial charge in [0.25, 0.3) is 0 Å². The van der Waals surface area contributed by atoms with E-state index in [-0.39, 0.29) is 18.4 Å². The summed E-state index contributed by atoms with van der Waals surface area (Å²) in [5.74, 6) is -1.18. The van der Waals surface area contributed by atoms with Crippen molar-refractivity contribution in [1.29, 1.82) is 0 Å². The first-order valence-corrected chi connectivity index (χ1v) is 11.5. The van der Waals surface area contributed by atoms with Crippen LogP contribution in [-0.4, -0.2) is 77.8 Å². The number of ether oxygens (including phenoxy) is 1. The van der Waals surface area contributed by atoms with Crippen LogP contribution in [0.3, 0.4) is 0 Å². The van der Waals surface area contributed by atoms with E-state index in [4.69, 9.17) is 4.74 Å². The predicted molar refractivity (Wildman–Crippen MR) is 116 cm³/mol. The second-order valence-corrected chi connectivity index (χ2v) is 8.91. The fourth-order valence-corrected chi connectivity index (χ4v) is 5.07. The smallest absolute Gasteiger partial charge is 0.410 e. The van der Waals surface area contributed by atoms with Crippen molar-refractivity contribution >= 4 is 17.9 Å². The molecule has 3 aliphatic rings. The van der Waals surface area contributed by atoms with Gasteiger partial charge in [0.1, 0.15) is 6.10 Å². The first-order chi connectivity index (χ1) is 15.6. The summed E-state index contributed by atoms with van der Waals surface area (Å²) in [6.45, 7) is 2.90. The average molecular weight is 445 g/mol. The van der Waals surface area contributed by atoms with Gasteiger partial charge in [-0.05, 0) is 43.6 Å². The molecule has 0 spiro atoms. The molecule has 3 heterocycles. The van der Waals surface area contributed by atoms with Crippen molar-refractivity contribution in [2.24, 2.45) is 5.92 Å². The molecule has 0 saturated carbocycles. The summed E-state index contributed by atoms with van der Waals surface area (Å²) in [4.78, 5) is 41.4. The van der Waals surface area contributed by atoms with Crippen LogP contribution in [-0.2, 0) is 14.3 Å². The molecule has 3 fully saturated rings. The molecular weight excluding hydrogens is 412 g/mol. The fraction of sp³-hybridized carbons (Fsp3) is 0.609. The minimum atomic E-state index is -0.815. The van der Waals surface area contributed by atoms with Gasteiger partial charge in [-0.2, -0.15) is 0 Å². The molecule has 3 amide bonds. The Bertz CT molecular complexity index is 806. The van der Waals surface area contributed by atoms with E-state index in [9.17, 15) is 19.6 Å². The van der Waals surface area contributed by atoms with Crippen LogP contribution in [0, 0.1) is 5.92 Å². The Morgan fingerprint density at radius 2 is 1.69 bits per heavy atom. The molecule has 4 rings (SSSR count). The largest absolute Gasteiger partial charge is 0.445 e. The number of rotatable bonds is 4. The lowest BCUT2D eigenvalue weighted by molar-refractivity contribution is -0.146. The van der Waals surface area contributed by atoms with E-state index in [1.807, 2.05) is 18.2 Å². The number of amides is 3. The Morgan fingerprint density at radius 1 is 1.00 bits per heavy atom. The van der Waals surface area contributed by atoms with E-state index >= 15 is 0 Å². The summed E-state index contributed by atoms with van der Waals surface area (Å²) < 4.78 is 5.57. The highest BCUT2D eigenvalue weighted by molar-refractivity contribution is 5.90. The summed E-state index contributed by atoms with van der Waals surface area (Å²) in [6, 6.07) is 9.55. The SMILES string of the molecule is O=C(NO)C1CC(OC(=O)N2CCCC2)CN[C@@H]1C(=O)N1CCC(c2ccccc2)CC1. The minimum Gasteiger partial charge on any atom is -0.445 e. The molecule has 0 aliphatic carbocycles. The third-order valence-electron chi connectivity index (χ3n) is 6.91. The maximum atomic E-state index is 13.3.